The Morgan fingerprint density at radius 3 is 2.81 bits per heavy atom. The fourth-order valence-electron chi connectivity index (χ4n) is 1.96. The first-order valence-corrected chi connectivity index (χ1v) is 5.76. The number of hydrogen-bond acceptors (Lipinski definition) is 2. The topological polar surface area (TPSA) is 38.0 Å². The molecule has 0 saturated carbocycles. The Kier molecular flexibility index (Phi) is 3.54. The van der Waals surface area contributed by atoms with Crippen molar-refractivity contribution >= 4 is 10.8 Å². The first-order chi connectivity index (χ1) is 7.85. The largest absolute Gasteiger partial charge is 0.326 e. The molecule has 0 radical (unpaired) electrons. The van der Waals surface area contributed by atoms with Crippen molar-refractivity contribution in [2.45, 2.75) is 20.0 Å². The maximum absolute atomic E-state index is 5.72. The third kappa shape index (κ3) is 2.23. The van der Waals surface area contributed by atoms with Crippen LogP contribution in [0.15, 0.2) is 36.4 Å². The van der Waals surface area contributed by atoms with E-state index in [1.54, 1.807) is 0 Å². The van der Waals surface area contributed by atoms with Crippen molar-refractivity contribution in [2.75, 3.05) is 6.54 Å². The third-order valence-corrected chi connectivity index (χ3v) is 2.83. The van der Waals surface area contributed by atoms with Crippen LogP contribution in [-0.2, 0) is 13.1 Å². The Morgan fingerprint density at radius 2 is 2.06 bits per heavy atom. The van der Waals surface area contributed by atoms with Crippen LogP contribution in [0.1, 0.15) is 18.1 Å². The Bertz CT molecular complexity index is 477. The summed E-state index contributed by atoms with van der Waals surface area (Å²) in [6, 6.07) is 12.9. The molecule has 0 unspecified atom stereocenters. The van der Waals surface area contributed by atoms with Gasteiger partial charge in [0.1, 0.15) is 0 Å². The van der Waals surface area contributed by atoms with Gasteiger partial charge in [-0.05, 0) is 34.5 Å². The van der Waals surface area contributed by atoms with Crippen molar-refractivity contribution in [3.05, 3.63) is 47.5 Å². The van der Waals surface area contributed by atoms with E-state index in [0.29, 0.717) is 6.54 Å². The van der Waals surface area contributed by atoms with Gasteiger partial charge in [0, 0.05) is 13.1 Å². The first-order valence-electron chi connectivity index (χ1n) is 5.76. The maximum Gasteiger partial charge on any atom is 0.0205 e. The summed E-state index contributed by atoms with van der Waals surface area (Å²) in [7, 11) is 0. The fraction of sp³-hybridized carbons (Fsp3) is 0.286. The van der Waals surface area contributed by atoms with E-state index < -0.39 is 0 Å². The second-order valence-electron chi connectivity index (χ2n) is 3.96. The zero-order valence-electron chi connectivity index (χ0n) is 9.66. The smallest absolute Gasteiger partial charge is 0.0205 e. The predicted octanol–water partition coefficient (Wildman–Crippen LogP) is 2.41. The lowest BCUT2D eigenvalue weighted by atomic mass is 10.0. The van der Waals surface area contributed by atoms with E-state index in [2.05, 4.69) is 48.6 Å². The second-order valence-corrected chi connectivity index (χ2v) is 3.96. The van der Waals surface area contributed by atoms with Crippen LogP contribution in [0.3, 0.4) is 0 Å². The molecule has 0 fully saturated rings. The van der Waals surface area contributed by atoms with Gasteiger partial charge in [-0.3, -0.25) is 0 Å². The van der Waals surface area contributed by atoms with Crippen LogP contribution in [0.25, 0.3) is 10.8 Å². The summed E-state index contributed by atoms with van der Waals surface area (Å²) in [5, 5.41) is 5.88. The van der Waals surface area contributed by atoms with Crippen molar-refractivity contribution in [3.8, 4) is 0 Å². The van der Waals surface area contributed by atoms with Crippen molar-refractivity contribution in [1.29, 1.82) is 0 Å². The zero-order valence-corrected chi connectivity index (χ0v) is 9.66. The van der Waals surface area contributed by atoms with Crippen molar-refractivity contribution in [2.24, 2.45) is 5.73 Å². The summed E-state index contributed by atoms with van der Waals surface area (Å²) in [5.41, 5.74) is 8.26. The zero-order chi connectivity index (χ0) is 11.4. The average molecular weight is 214 g/mol. The van der Waals surface area contributed by atoms with E-state index in [9.17, 15) is 0 Å². The highest BCUT2D eigenvalue weighted by Crippen LogP contribution is 2.20. The molecule has 2 aromatic carbocycles. The molecule has 0 bridgehead atoms. The van der Waals surface area contributed by atoms with Gasteiger partial charge in [-0.2, -0.15) is 0 Å². The van der Waals surface area contributed by atoms with Gasteiger partial charge in [-0.25, -0.2) is 0 Å². The standard InChI is InChI=1S/C14H18N2/c1-2-16-10-11-6-7-14-12(8-11)4-3-5-13(14)9-15/h3-8,16H,2,9-10,15H2,1H3. The average Bonchev–Trinajstić information content (AvgIpc) is 2.35. The third-order valence-electron chi connectivity index (χ3n) is 2.83. The predicted molar refractivity (Wildman–Crippen MR) is 69.2 cm³/mol. The lowest BCUT2D eigenvalue weighted by Crippen LogP contribution is -2.11. The number of hydrogen-bond donors (Lipinski definition) is 2. The van der Waals surface area contributed by atoms with E-state index in [4.69, 9.17) is 5.73 Å². The quantitative estimate of drug-likeness (QED) is 0.820. The summed E-state index contributed by atoms with van der Waals surface area (Å²) in [4.78, 5) is 0. The van der Waals surface area contributed by atoms with Crippen molar-refractivity contribution in [1.82, 2.24) is 5.32 Å². The monoisotopic (exact) mass is 214 g/mol. The molecule has 16 heavy (non-hydrogen) atoms. The van der Waals surface area contributed by atoms with Gasteiger partial charge in [0.25, 0.3) is 0 Å². The molecule has 2 nitrogen and oxygen atoms in total. The van der Waals surface area contributed by atoms with Gasteiger partial charge < -0.3 is 11.1 Å². The first kappa shape index (κ1) is 11.1. The summed E-state index contributed by atoms with van der Waals surface area (Å²) in [5.74, 6) is 0. The minimum Gasteiger partial charge on any atom is -0.326 e. The normalized spacial score (nSPS) is 10.9. The summed E-state index contributed by atoms with van der Waals surface area (Å²) < 4.78 is 0. The van der Waals surface area contributed by atoms with Crippen molar-refractivity contribution < 1.29 is 0 Å². The van der Waals surface area contributed by atoms with Crippen molar-refractivity contribution in [3.63, 3.8) is 0 Å². The van der Waals surface area contributed by atoms with E-state index in [1.165, 1.54) is 21.9 Å². The highest BCUT2D eigenvalue weighted by molar-refractivity contribution is 5.86. The lowest BCUT2D eigenvalue weighted by Gasteiger charge is -2.07. The molecule has 2 heteroatoms. The molecule has 84 valence electrons. The van der Waals surface area contributed by atoms with Crippen LogP contribution in [0.5, 0.6) is 0 Å². The van der Waals surface area contributed by atoms with Crippen LogP contribution in [0.2, 0.25) is 0 Å². The van der Waals surface area contributed by atoms with E-state index >= 15 is 0 Å². The Labute approximate surface area is 96.5 Å². The molecule has 0 aromatic heterocycles. The molecule has 0 atom stereocenters. The number of rotatable bonds is 4. The highest BCUT2D eigenvalue weighted by Gasteiger charge is 2.00. The minimum atomic E-state index is 0.601. The van der Waals surface area contributed by atoms with Crippen LogP contribution in [-0.4, -0.2) is 6.54 Å². The Hall–Kier alpha value is -1.38. The van der Waals surface area contributed by atoms with Gasteiger partial charge in [-0.15, -0.1) is 0 Å². The van der Waals surface area contributed by atoms with Crippen LogP contribution in [0.4, 0.5) is 0 Å². The minimum absolute atomic E-state index is 0.601. The molecule has 2 aromatic rings. The molecule has 0 aliphatic carbocycles. The number of nitrogens with two attached hydrogens (primary N) is 1. The molecule has 0 spiro atoms. The molecule has 2 rings (SSSR count). The molecular weight excluding hydrogens is 196 g/mol. The highest BCUT2D eigenvalue weighted by atomic mass is 14.8. The van der Waals surface area contributed by atoms with E-state index in [0.717, 1.165) is 13.1 Å². The van der Waals surface area contributed by atoms with Gasteiger partial charge in [0.2, 0.25) is 0 Å². The molecular formula is C14H18N2. The van der Waals surface area contributed by atoms with Gasteiger partial charge in [-0.1, -0.05) is 37.3 Å². The molecule has 0 saturated heterocycles. The summed E-state index contributed by atoms with van der Waals surface area (Å²) in [6.07, 6.45) is 0. The van der Waals surface area contributed by atoms with Crippen LogP contribution < -0.4 is 11.1 Å². The van der Waals surface area contributed by atoms with Crippen LogP contribution in [0, 0.1) is 0 Å². The Balaban J connectivity index is 2.39. The fourth-order valence-corrected chi connectivity index (χ4v) is 1.96. The van der Waals surface area contributed by atoms with E-state index in [1.807, 2.05) is 0 Å². The lowest BCUT2D eigenvalue weighted by molar-refractivity contribution is 0.727. The SMILES string of the molecule is CCNCc1ccc2c(CN)cccc2c1. The molecule has 0 amide bonds. The summed E-state index contributed by atoms with van der Waals surface area (Å²) in [6.45, 7) is 4.65. The second kappa shape index (κ2) is 5.10. The molecule has 3 N–H and O–H groups in total. The maximum atomic E-state index is 5.72. The van der Waals surface area contributed by atoms with Gasteiger partial charge >= 0.3 is 0 Å². The molecule has 0 aliphatic heterocycles. The molecule has 0 heterocycles. The van der Waals surface area contributed by atoms with E-state index in [-0.39, 0.29) is 0 Å². The number of fused-ring (bicyclic) bond motifs is 1. The van der Waals surface area contributed by atoms with Gasteiger partial charge in [0.15, 0.2) is 0 Å². The van der Waals surface area contributed by atoms with Gasteiger partial charge in [0.05, 0.1) is 0 Å². The molecule has 0 aliphatic rings. The number of benzene rings is 2. The Morgan fingerprint density at radius 1 is 1.19 bits per heavy atom. The van der Waals surface area contributed by atoms with Crippen LogP contribution >= 0.6 is 0 Å². The summed E-state index contributed by atoms with van der Waals surface area (Å²) >= 11 is 0. The number of nitrogens with one attached hydrogen (secondary N) is 1.